The van der Waals surface area contributed by atoms with Gasteiger partial charge in [-0.25, -0.2) is 0 Å². The highest BCUT2D eigenvalue weighted by Gasteiger charge is 2.56. The van der Waals surface area contributed by atoms with Crippen LogP contribution in [-0.2, 0) is 28.4 Å². The number of aliphatic hydroxyl groups is 8. The van der Waals surface area contributed by atoms with Crippen LogP contribution < -0.4 is 14.9 Å². The number of aromatic hydroxyl groups is 4. The lowest BCUT2D eigenvalue weighted by Crippen LogP contribution is -2.65. The number of ether oxygens (including phenoxy) is 8. The molecule has 0 saturated carbocycles. The van der Waals surface area contributed by atoms with E-state index in [9.17, 15) is 70.9 Å². The Bertz CT molecular complexity index is 2350. The maximum Gasteiger partial charge on any atom is 0.510 e. The van der Waals surface area contributed by atoms with Crippen molar-refractivity contribution < 1.29 is 108 Å². The van der Waals surface area contributed by atoms with Crippen molar-refractivity contribution in [3.8, 4) is 57.1 Å². The number of methoxy groups -OCH3 is 1. The SMILES string of the molecule is COc1cc(C=CC(=[OH+])O[C@@H]2[C@H](O)[C@@H](O[C@@H]3OC[C@@H](O)[C@H](O)[C@H]3O)[C@H](Oc3cc4c(O)cc(=O)cc-4oc3-c3ccc(O)c(O)c3)O[C@@H]2CO[C@@H]2O[C@H](CO)[C@@H](O)[C@H](O)[C@H]2O)ccc1O. The van der Waals surface area contributed by atoms with E-state index in [4.69, 9.17) is 42.3 Å². The van der Waals surface area contributed by atoms with Crippen LogP contribution >= 0.6 is 0 Å². The van der Waals surface area contributed by atoms with Gasteiger partial charge in [0, 0.05) is 17.7 Å². The van der Waals surface area contributed by atoms with Gasteiger partial charge in [0.05, 0.1) is 38.6 Å². The Balaban J connectivity index is 1.29. The molecule has 13 N–H and O–H groups in total. The Hall–Kier alpha value is -5.64. The van der Waals surface area contributed by atoms with E-state index in [0.29, 0.717) is 5.56 Å². The molecule has 1 aliphatic carbocycles. The molecule has 2 aromatic carbocycles. The molecule has 2 aromatic rings. The van der Waals surface area contributed by atoms with Crippen molar-refractivity contribution >= 4 is 12.0 Å². The van der Waals surface area contributed by atoms with E-state index in [1.165, 1.54) is 43.5 Å². The molecule has 3 fully saturated rings. The van der Waals surface area contributed by atoms with E-state index in [1.54, 1.807) is 0 Å². The maximum absolute atomic E-state index is 12.4. The van der Waals surface area contributed by atoms with Gasteiger partial charge in [0.15, 0.2) is 70.8 Å². The lowest BCUT2D eigenvalue weighted by atomic mass is 9.97. The molecule has 23 nitrogen and oxygen atoms in total. The second-order valence-corrected chi connectivity index (χ2v) is 15.2. The van der Waals surface area contributed by atoms with E-state index < -0.39 is 134 Å². The first-order valence-electron chi connectivity index (χ1n) is 19.8. The maximum atomic E-state index is 12.4. The Morgan fingerprint density at radius 3 is 2.18 bits per heavy atom. The van der Waals surface area contributed by atoms with Crippen LogP contribution in [0.5, 0.6) is 34.5 Å². The van der Waals surface area contributed by atoms with Crippen LogP contribution in [-0.4, -0.2) is 185 Å². The first-order valence-corrected chi connectivity index (χ1v) is 19.8. The second-order valence-electron chi connectivity index (χ2n) is 15.2. The van der Waals surface area contributed by atoms with Gasteiger partial charge in [-0.1, -0.05) is 6.07 Å². The summed E-state index contributed by atoms with van der Waals surface area (Å²) >= 11 is 0. The fraction of sp³-hybridized carbons (Fsp3) is 0.429. The molecule has 4 aliphatic heterocycles. The minimum atomic E-state index is -2.06. The van der Waals surface area contributed by atoms with Gasteiger partial charge >= 0.3 is 5.97 Å². The molecule has 4 heterocycles. The number of hydrogen-bond donors (Lipinski definition) is 12. The summed E-state index contributed by atoms with van der Waals surface area (Å²) in [5.74, 6) is -3.42. The van der Waals surface area contributed by atoms with Crippen LogP contribution in [0.1, 0.15) is 5.56 Å². The van der Waals surface area contributed by atoms with Gasteiger partial charge in [0.2, 0.25) is 6.29 Å². The topological polar surface area (TPSA) is 368 Å². The highest BCUT2D eigenvalue weighted by Crippen LogP contribution is 2.44. The van der Waals surface area contributed by atoms with Gasteiger partial charge in [-0.15, -0.1) is 0 Å². The van der Waals surface area contributed by atoms with E-state index in [2.05, 4.69) is 0 Å². The van der Waals surface area contributed by atoms with Crippen molar-refractivity contribution in [2.24, 2.45) is 0 Å². The quantitative estimate of drug-likeness (QED) is 0.0297. The number of hydrogen-bond acceptors (Lipinski definition) is 22. The molecular formula is C42H47O23+. The van der Waals surface area contributed by atoms with Gasteiger partial charge in [0.1, 0.15) is 54.2 Å². The van der Waals surface area contributed by atoms with Crippen LogP contribution in [0.2, 0.25) is 0 Å². The van der Waals surface area contributed by atoms with E-state index in [0.717, 1.165) is 30.3 Å². The first kappa shape index (κ1) is 47.3. The van der Waals surface area contributed by atoms with Crippen molar-refractivity contribution in [3.05, 3.63) is 76.5 Å². The fourth-order valence-corrected chi connectivity index (χ4v) is 7.26. The summed E-state index contributed by atoms with van der Waals surface area (Å²) in [5.41, 5.74) is -0.327. The summed E-state index contributed by atoms with van der Waals surface area (Å²) in [6.45, 7) is -2.14. The highest BCUT2D eigenvalue weighted by atomic mass is 16.8. The number of phenolic OH excluding ortho intramolecular Hbond substituents is 4. The number of phenols is 4. The number of carbonyl (C=O) groups excluding carboxylic acids is 1. The summed E-state index contributed by atoms with van der Waals surface area (Å²) in [4.78, 5) is 23.5. The van der Waals surface area contributed by atoms with E-state index >= 15 is 0 Å². The molecule has 7 rings (SSSR count). The van der Waals surface area contributed by atoms with Crippen LogP contribution in [0.25, 0.3) is 28.7 Å². The number of rotatable bonds is 13. The third-order valence-corrected chi connectivity index (χ3v) is 10.8. The molecule has 0 spiro atoms. The van der Waals surface area contributed by atoms with E-state index in [-0.39, 0.29) is 39.9 Å². The molecule has 0 aromatic heterocycles. The third-order valence-electron chi connectivity index (χ3n) is 10.8. The van der Waals surface area contributed by atoms with Crippen molar-refractivity contribution in [1.82, 2.24) is 0 Å². The zero-order chi connectivity index (χ0) is 46.9. The lowest BCUT2D eigenvalue weighted by Gasteiger charge is -2.44. The Morgan fingerprint density at radius 2 is 1.46 bits per heavy atom. The van der Waals surface area contributed by atoms with E-state index in [1.807, 2.05) is 0 Å². The third kappa shape index (κ3) is 10.1. The Morgan fingerprint density at radius 1 is 0.738 bits per heavy atom. The molecule has 0 unspecified atom stereocenters. The fourth-order valence-electron chi connectivity index (χ4n) is 7.26. The van der Waals surface area contributed by atoms with Gasteiger partial charge in [-0.3, -0.25) is 4.79 Å². The molecule has 352 valence electrons. The zero-order valence-electron chi connectivity index (χ0n) is 34.0. The molecule has 5 aliphatic rings. The largest absolute Gasteiger partial charge is 0.510 e. The summed E-state index contributed by atoms with van der Waals surface area (Å²) in [6, 6.07) is 10.8. The average Bonchev–Trinajstić information content (AvgIpc) is 3.28. The molecule has 0 amide bonds. The highest BCUT2D eigenvalue weighted by molar-refractivity contribution is 5.88. The van der Waals surface area contributed by atoms with Crippen molar-refractivity contribution in [2.75, 3.05) is 26.9 Å². The number of fused-ring (bicyclic) bond motifs is 1. The number of esters is 1. The van der Waals surface area contributed by atoms with Gasteiger partial charge in [0.25, 0.3) is 6.10 Å². The van der Waals surface area contributed by atoms with Crippen molar-refractivity contribution in [3.63, 3.8) is 0 Å². The minimum Gasteiger partial charge on any atom is -0.507 e. The second kappa shape index (κ2) is 19.8. The Kier molecular flexibility index (Phi) is 14.5. The lowest BCUT2D eigenvalue weighted by molar-refractivity contribution is -0.352. The summed E-state index contributed by atoms with van der Waals surface area (Å²) in [5, 5.41) is 126. The first-order chi connectivity index (χ1) is 31.0. The summed E-state index contributed by atoms with van der Waals surface area (Å²) in [6.07, 6.45) is -22.8. The molecule has 3 saturated heterocycles. The van der Waals surface area contributed by atoms with Crippen molar-refractivity contribution in [1.29, 1.82) is 0 Å². The molecule has 23 heteroatoms. The average molecular weight is 920 g/mol. The molecule has 14 atom stereocenters. The molecule has 0 radical (unpaired) electrons. The smallest absolute Gasteiger partial charge is 0.507 e. The van der Waals surface area contributed by atoms with Crippen LogP contribution in [0, 0.1) is 0 Å². The standard InChI is InChI=1S/C42H46O23/c1-57-26-8-16(2-5-21(26)46)3-7-30(50)64-38-29(15-59-40-35(55)33(53)32(52)28(13-43)62-40)63-42(39(36(38)56)65-41-34(54)31(51)24(49)14-58-41)61-27-12-19-22(47)10-18(44)11-25(19)60-37(27)17-4-6-20(45)23(48)9-17/h2-12,24,28-29,31-36,38-43,45-49,51-56H,13-15H2,1H3/p+1/t24-,28-,29-,31+,32-,33+,34-,35-,36+,38+,39-,40-,41+,42-/m1/s1. The van der Waals surface area contributed by atoms with Crippen LogP contribution in [0.3, 0.4) is 0 Å². The monoisotopic (exact) mass is 919 g/mol. The predicted octanol–water partition coefficient (Wildman–Crippen LogP) is -2.05. The summed E-state index contributed by atoms with van der Waals surface area (Å²) in [7, 11) is 1.32. The number of benzene rings is 3. The Labute approximate surface area is 366 Å². The van der Waals surface area contributed by atoms with Crippen molar-refractivity contribution in [2.45, 2.75) is 86.0 Å². The molecule has 0 bridgehead atoms. The zero-order valence-corrected chi connectivity index (χ0v) is 34.0. The number of aliphatic hydroxyl groups excluding tert-OH is 8. The molecular weight excluding hydrogens is 872 g/mol. The normalized spacial score (nSPS) is 31.8. The predicted molar refractivity (Wildman–Crippen MR) is 215 cm³/mol. The van der Waals surface area contributed by atoms with Crippen LogP contribution in [0.15, 0.2) is 69.9 Å². The van der Waals surface area contributed by atoms with Gasteiger partial charge < -0.3 is 108 Å². The van der Waals surface area contributed by atoms with Gasteiger partial charge in [-0.05, 0) is 48.0 Å². The summed E-state index contributed by atoms with van der Waals surface area (Å²) < 4.78 is 52.2. The minimum absolute atomic E-state index is 0.0197. The van der Waals surface area contributed by atoms with Crippen LogP contribution in [0.4, 0.5) is 0 Å². The molecule has 65 heavy (non-hydrogen) atoms. The van der Waals surface area contributed by atoms with Gasteiger partial charge in [-0.2, -0.15) is 0 Å².